The van der Waals surface area contributed by atoms with Crippen molar-refractivity contribution in [3.05, 3.63) is 227 Å². The standard InChI is InChI=1S/2C23H26FN3O4S.2C8H12FN3O3S/c2*1-16-4-6-18(7-5-16)14-27(15-19-8-10-21(31-3)11-9-19)32(29,30)17(2)22(28)23-25-12-20(24)13-26-23;2*1-5(16(10,13)14)7(15-2)8-11-3-6(9)4-12-8/h2*4-13,17,22,28H,14-15H2,1-3H3;2*3-5,7H,1-2H3,(H2,10,13,14)/t2*17-,22-;2*5-,7-/m1010/s1. The van der Waals surface area contributed by atoms with Gasteiger partial charge in [-0.2, -0.15) is 8.61 Å². The molecular formula is C62H76F4N12O14S4. The predicted octanol–water partition coefficient (Wildman–Crippen LogP) is 6.73. The van der Waals surface area contributed by atoms with E-state index in [9.17, 15) is 61.4 Å². The number of primary sulfonamides is 2. The minimum atomic E-state index is -4.00. The molecule has 0 aliphatic heterocycles. The normalized spacial score (nSPS) is 14.4. The Morgan fingerprint density at radius 2 is 0.604 bits per heavy atom. The number of nitrogens with zero attached hydrogens (tertiary/aromatic N) is 10. The van der Waals surface area contributed by atoms with E-state index in [1.165, 1.54) is 50.5 Å². The molecule has 0 radical (unpaired) electrons. The second-order valence-corrected chi connectivity index (χ2v) is 30.0. The van der Waals surface area contributed by atoms with Crippen LogP contribution in [0.3, 0.4) is 0 Å². The highest BCUT2D eigenvalue weighted by Gasteiger charge is 2.38. The van der Waals surface area contributed by atoms with Crippen molar-refractivity contribution in [2.75, 3.05) is 28.4 Å². The Balaban J connectivity index is 0.000000244. The van der Waals surface area contributed by atoms with Crippen LogP contribution in [0.2, 0.25) is 0 Å². The van der Waals surface area contributed by atoms with Gasteiger partial charge in [0.1, 0.15) is 56.9 Å². The molecule has 520 valence electrons. The number of rotatable bonds is 26. The second-order valence-electron chi connectivity index (χ2n) is 21.5. The van der Waals surface area contributed by atoms with E-state index in [1.54, 1.807) is 62.8 Å². The van der Waals surface area contributed by atoms with Gasteiger partial charge in [-0.25, -0.2) is 101 Å². The van der Waals surface area contributed by atoms with Gasteiger partial charge in [0.15, 0.2) is 46.6 Å². The Kier molecular flexibility index (Phi) is 29.4. The lowest BCUT2D eigenvalue weighted by Crippen LogP contribution is -2.40. The van der Waals surface area contributed by atoms with Crippen molar-refractivity contribution < 1.29 is 80.4 Å². The molecule has 8 rings (SSSR count). The summed E-state index contributed by atoms with van der Waals surface area (Å²) in [5.74, 6) is -1.38. The highest BCUT2D eigenvalue weighted by atomic mass is 32.2. The SMILES string of the molecule is CO[C@@H](c1ncc(F)cn1)[C@@H](C)S(N)(=O)=O.CO[C@H](c1ncc(F)cn1)[C@H](C)S(N)(=O)=O.COc1ccc(CN(Cc2ccc(C)cc2)S(=O)(=O)[C@@H](C)[C@H](O)c2ncc(F)cn2)cc1.COc1ccc(CN(Cc2ccc(C)cc2)S(=O)(=O)[C@H](C)[C@@H](O)c2ncc(F)cn2)cc1. The van der Waals surface area contributed by atoms with E-state index in [0.29, 0.717) is 11.5 Å². The maximum atomic E-state index is 13.5. The summed E-state index contributed by atoms with van der Waals surface area (Å²) in [5, 5.41) is 26.7. The summed E-state index contributed by atoms with van der Waals surface area (Å²) in [6.45, 7) is 9.88. The van der Waals surface area contributed by atoms with Crippen LogP contribution in [0.15, 0.2) is 147 Å². The molecule has 8 atom stereocenters. The first-order valence-electron chi connectivity index (χ1n) is 28.8. The molecular weight excluding hydrogens is 1340 g/mol. The highest BCUT2D eigenvalue weighted by Crippen LogP contribution is 2.29. The summed E-state index contributed by atoms with van der Waals surface area (Å²) in [7, 11) is -9.82. The number of halogens is 4. The average Bonchev–Trinajstić information content (AvgIpc) is 0.825. The molecule has 26 nitrogen and oxygen atoms in total. The number of hydrogen-bond acceptors (Lipinski definition) is 22. The molecule has 0 aliphatic rings. The van der Waals surface area contributed by atoms with E-state index in [0.717, 1.165) is 83.0 Å². The van der Waals surface area contributed by atoms with Crippen LogP contribution >= 0.6 is 0 Å². The van der Waals surface area contributed by atoms with Crippen LogP contribution in [0, 0.1) is 37.1 Å². The van der Waals surface area contributed by atoms with Gasteiger partial charge in [-0.15, -0.1) is 0 Å². The molecule has 96 heavy (non-hydrogen) atoms. The molecule has 0 amide bonds. The summed E-state index contributed by atoms with van der Waals surface area (Å²) in [4.78, 5) is 29.6. The Morgan fingerprint density at radius 1 is 0.385 bits per heavy atom. The zero-order valence-electron chi connectivity index (χ0n) is 53.9. The number of aromatic nitrogens is 8. The van der Waals surface area contributed by atoms with Gasteiger partial charge < -0.3 is 29.2 Å². The summed E-state index contributed by atoms with van der Waals surface area (Å²) in [6.07, 6.45) is 2.44. The van der Waals surface area contributed by atoms with Crippen molar-refractivity contribution in [3.8, 4) is 11.5 Å². The second kappa shape index (κ2) is 35.8. The van der Waals surface area contributed by atoms with Gasteiger partial charge in [-0.3, -0.25) is 0 Å². The highest BCUT2D eigenvalue weighted by molar-refractivity contribution is 7.90. The van der Waals surface area contributed by atoms with Crippen LogP contribution in [0.5, 0.6) is 11.5 Å². The maximum absolute atomic E-state index is 13.5. The van der Waals surface area contributed by atoms with E-state index in [1.807, 2.05) is 62.4 Å². The van der Waals surface area contributed by atoms with Gasteiger partial charge in [0.05, 0.1) is 63.8 Å². The van der Waals surface area contributed by atoms with Crippen LogP contribution in [-0.4, -0.2) is 142 Å². The number of ether oxygens (including phenoxy) is 4. The van der Waals surface area contributed by atoms with E-state index in [4.69, 9.17) is 29.2 Å². The van der Waals surface area contributed by atoms with Crippen molar-refractivity contribution in [1.82, 2.24) is 48.5 Å². The maximum Gasteiger partial charge on any atom is 0.220 e. The Labute approximate surface area is 556 Å². The summed E-state index contributed by atoms with van der Waals surface area (Å²) in [6, 6.07) is 29.4. The molecule has 0 aliphatic carbocycles. The molecule has 0 saturated heterocycles. The number of sulfonamides is 4. The van der Waals surface area contributed by atoms with E-state index in [2.05, 4.69) is 39.9 Å². The number of benzene rings is 4. The van der Waals surface area contributed by atoms with E-state index < -0.39 is 109 Å². The van der Waals surface area contributed by atoms with Crippen molar-refractivity contribution in [3.63, 3.8) is 0 Å². The van der Waals surface area contributed by atoms with Gasteiger partial charge in [-0.05, 0) is 88.1 Å². The lowest BCUT2D eigenvalue weighted by molar-refractivity contribution is 0.0946. The number of aryl methyl sites for hydroxylation is 2. The third-order valence-corrected chi connectivity index (χ3v) is 21.5. The lowest BCUT2D eigenvalue weighted by Gasteiger charge is -2.28. The van der Waals surface area contributed by atoms with Crippen molar-refractivity contribution >= 4 is 40.1 Å². The largest absolute Gasteiger partial charge is 0.497 e. The number of methoxy groups -OCH3 is 4. The van der Waals surface area contributed by atoms with Crippen LogP contribution in [0.25, 0.3) is 0 Å². The third kappa shape index (κ3) is 23.1. The molecule has 4 heterocycles. The first-order chi connectivity index (χ1) is 45.1. The Hall–Kier alpha value is -8.00. The molecule has 34 heteroatoms. The molecule has 0 spiro atoms. The quantitative estimate of drug-likeness (QED) is 0.0408. The summed E-state index contributed by atoms with van der Waals surface area (Å²) >= 11 is 0. The summed E-state index contributed by atoms with van der Waals surface area (Å²) in [5.41, 5.74) is 5.29. The number of hydrogen-bond donors (Lipinski definition) is 4. The number of aliphatic hydroxyl groups excluding tert-OH is 2. The van der Waals surface area contributed by atoms with E-state index in [-0.39, 0.29) is 49.5 Å². The topological polar surface area (TPSA) is 376 Å². The minimum absolute atomic E-state index is 0.0745. The third-order valence-electron chi connectivity index (χ3n) is 14.5. The first kappa shape index (κ1) is 78.7. The molecule has 0 fully saturated rings. The fraction of sp³-hybridized carbons (Fsp3) is 0.355. The molecule has 0 bridgehead atoms. The van der Waals surface area contributed by atoms with Crippen LogP contribution in [-0.2, 0) is 75.7 Å². The molecule has 0 saturated carbocycles. The average molecular weight is 1420 g/mol. The zero-order chi connectivity index (χ0) is 71.3. The fourth-order valence-corrected chi connectivity index (χ4v) is 12.9. The Bertz CT molecular complexity index is 3910. The summed E-state index contributed by atoms with van der Waals surface area (Å²) < 4.78 is 173. The predicted molar refractivity (Wildman–Crippen MR) is 346 cm³/mol. The van der Waals surface area contributed by atoms with Crippen LogP contribution in [0.1, 0.15) is 109 Å². The minimum Gasteiger partial charge on any atom is -0.497 e. The van der Waals surface area contributed by atoms with Gasteiger partial charge in [0.25, 0.3) is 0 Å². The van der Waals surface area contributed by atoms with Crippen molar-refractivity contribution in [2.24, 2.45) is 10.3 Å². The van der Waals surface area contributed by atoms with Gasteiger partial charge in [-0.1, -0.05) is 83.9 Å². The first-order valence-corrected chi connectivity index (χ1v) is 35.0. The van der Waals surface area contributed by atoms with Crippen molar-refractivity contribution in [1.29, 1.82) is 0 Å². The molecule has 0 unspecified atom stereocenters. The van der Waals surface area contributed by atoms with Gasteiger partial charge in [0.2, 0.25) is 40.1 Å². The molecule has 6 N–H and O–H groups in total. The van der Waals surface area contributed by atoms with Crippen LogP contribution < -0.4 is 19.8 Å². The smallest absolute Gasteiger partial charge is 0.220 e. The van der Waals surface area contributed by atoms with Gasteiger partial charge in [0, 0.05) is 40.4 Å². The van der Waals surface area contributed by atoms with Gasteiger partial charge >= 0.3 is 0 Å². The van der Waals surface area contributed by atoms with Crippen LogP contribution in [0.4, 0.5) is 17.6 Å². The monoisotopic (exact) mass is 1420 g/mol. The number of nitrogens with two attached hydrogens (primary N) is 2. The lowest BCUT2D eigenvalue weighted by atomic mass is 10.1. The van der Waals surface area contributed by atoms with Crippen molar-refractivity contribution in [2.45, 2.75) is 113 Å². The Morgan fingerprint density at radius 3 is 0.812 bits per heavy atom. The fourth-order valence-electron chi connectivity index (χ4n) is 8.60. The molecule has 8 aromatic rings. The van der Waals surface area contributed by atoms with E-state index >= 15 is 0 Å². The molecule has 4 aromatic heterocycles. The zero-order valence-corrected chi connectivity index (χ0v) is 57.1. The molecule has 4 aromatic carbocycles. The number of aliphatic hydroxyl groups is 2.